The Morgan fingerprint density at radius 1 is 1.31 bits per heavy atom. The summed E-state index contributed by atoms with van der Waals surface area (Å²) in [5.74, 6) is 0.968. The molecule has 1 aliphatic heterocycles. The first-order chi connectivity index (χ1) is 6.36. The van der Waals surface area contributed by atoms with Crippen molar-refractivity contribution in [1.29, 1.82) is 0 Å². The van der Waals surface area contributed by atoms with Gasteiger partial charge >= 0.3 is 0 Å². The van der Waals surface area contributed by atoms with Gasteiger partial charge < -0.3 is 14.6 Å². The van der Waals surface area contributed by atoms with E-state index in [0.29, 0.717) is 0 Å². The Labute approximate surface area is 86.2 Å². The molecule has 0 amide bonds. The van der Waals surface area contributed by atoms with E-state index in [-0.39, 0.29) is 0 Å². The van der Waals surface area contributed by atoms with Crippen LogP contribution in [0.2, 0.25) is 0 Å². The van der Waals surface area contributed by atoms with Crippen LogP contribution in [0.15, 0.2) is 21.2 Å². The highest BCUT2D eigenvalue weighted by Gasteiger charge is 2.11. The average molecular weight is 245 g/mol. The van der Waals surface area contributed by atoms with E-state index in [1.165, 1.54) is 6.42 Å². The Balaban J connectivity index is 2.06. The summed E-state index contributed by atoms with van der Waals surface area (Å²) in [6, 6.07) is 3.95. The number of nitrogens with one attached hydrogen (secondary N) is 1. The molecule has 0 radical (unpaired) electrons. The van der Waals surface area contributed by atoms with Crippen molar-refractivity contribution in [1.82, 2.24) is 5.32 Å². The van der Waals surface area contributed by atoms with Gasteiger partial charge in [0.2, 0.25) is 0 Å². The Bertz CT molecular complexity index is 266. The maximum atomic E-state index is 5.49. The molecular formula is C9H13BrN2O. The summed E-state index contributed by atoms with van der Waals surface area (Å²) in [7, 11) is 0. The van der Waals surface area contributed by atoms with E-state index in [4.69, 9.17) is 4.42 Å². The van der Waals surface area contributed by atoms with Gasteiger partial charge in [-0.05, 0) is 35.0 Å². The van der Waals surface area contributed by atoms with Crippen molar-refractivity contribution in [3.8, 4) is 0 Å². The van der Waals surface area contributed by atoms with Crippen molar-refractivity contribution in [3.05, 3.63) is 16.8 Å². The number of halogens is 1. The summed E-state index contributed by atoms with van der Waals surface area (Å²) < 4.78 is 6.30. The minimum Gasteiger partial charge on any atom is -0.434 e. The summed E-state index contributed by atoms with van der Waals surface area (Å²) in [5, 5.41) is 3.36. The van der Waals surface area contributed by atoms with Crippen molar-refractivity contribution >= 4 is 21.8 Å². The number of furan rings is 1. The quantitative estimate of drug-likeness (QED) is 0.818. The lowest BCUT2D eigenvalue weighted by atomic mass is 10.4. The Hall–Kier alpha value is -0.480. The van der Waals surface area contributed by atoms with Crippen molar-refractivity contribution in [2.75, 3.05) is 31.1 Å². The van der Waals surface area contributed by atoms with Gasteiger partial charge in [0.1, 0.15) is 0 Å². The van der Waals surface area contributed by atoms with Crippen LogP contribution in [0, 0.1) is 0 Å². The second kappa shape index (κ2) is 4.15. The number of anilines is 1. The molecule has 0 aromatic carbocycles. The van der Waals surface area contributed by atoms with E-state index in [1.807, 2.05) is 12.1 Å². The van der Waals surface area contributed by atoms with Crippen LogP contribution in [0.1, 0.15) is 6.42 Å². The number of rotatable bonds is 1. The first kappa shape index (κ1) is 9.09. The average Bonchev–Trinajstić information content (AvgIpc) is 2.43. The third kappa shape index (κ3) is 2.25. The van der Waals surface area contributed by atoms with Crippen LogP contribution in [0.5, 0.6) is 0 Å². The van der Waals surface area contributed by atoms with Gasteiger partial charge in [0.05, 0.1) is 0 Å². The molecule has 0 aliphatic carbocycles. The molecular weight excluding hydrogens is 232 g/mol. The van der Waals surface area contributed by atoms with Crippen LogP contribution < -0.4 is 10.2 Å². The molecule has 3 nitrogen and oxygen atoms in total. The molecule has 1 N–H and O–H groups in total. The molecule has 13 heavy (non-hydrogen) atoms. The Morgan fingerprint density at radius 3 is 3.00 bits per heavy atom. The van der Waals surface area contributed by atoms with Crippen molar-refractivity contribution < 1.29 is 4.42 Å². The third-order valence-corrected chi connectivity index (χ3v) is 2.64. The zero-order chi connectivity index (χ0) is 9.10. The SMILES string of the molecule is Brc1ccc(N2CCCNCC2)o1. The minimum atomic E-state index is 0.805. The van der Waals surface area contributed by atoms with E-state index < -0.39 is 0 Å². The molecule has 0 atom stereocenters. The predicted octanol–water partition coefficient (Wildman–Crippen LogP) is 1.84. The molecule has 0 spiro atoms. The van der Waals surface area contributed by atoms with Crippen molar-refractivity contribution in [2.45, 2.75) is 6.42 Å². The normalized spacial score (nSPS) is 18.7. The van der Waals surface area contributed by atoms with Crippen LogP contribution in [0.4, 0.5) is 5.88 Å². The molecule has 1 aliphatic rings. The van der Waals surface area contributed by atoms with Crippen LogP contribution in [0.3, 0.4) is 0 Å². The fourth-order valence-electron chi connectivity index (χ4n) is 1.54. The lowest BCUT2D eigenvalue weighted by Crippen LogP contribution is -2.27. The molecule has 2 heterocycles. The number of nitrogens with zero attached hydrogens (tertiary/aromatic N) is 1. The molecule has 0 unspecified atom stereocenters. The van der Waals surface area contributed by atoms with E-state index in [9.17, 15) is 0 Å². The van der Waals surface area contributed by atoms with E-state index in [0.717, 1.165) is 36.7 Å². The van der Waals surface area contributed by atoms with Crippen LogP contribution in [-0.4, -0.2) is 26.2 Å². The fourth-order valence-corrected chi connectivity index (χ4v) is 1.84. The van der Waals surface area contributed by atoms with E-state index in [2.05, 4.69) is 26.1 Å². The Morgan fingerprint density at radius 2 is 2.23 bits per heavy atom. The molecule has 4 heteroatoms. The van der Waals surface area contributed by atoms with E-state index in [1.54, 1.807) is 0 Å². The highest BCUT2D eigenvalue weighted by atomic mass is 79.9. The predicted molar refractivity (Wildman–Crippen MR) is 56.1 cm³/mol. The van der Waals surface area contributed by atoms with Gasteiger partial charge in [0.15, 0.2) is 10.6 Å². The summed E-state index contributed by atoms with van der Waals surface area (Å²) in [5.41, 5.74) is 0. The van der Waals surface area contributed by atoms with Gasteiger partial charge in [-0.3, -0.25) is 0 Å². The van der Waals surface area contributed by atoms with Gasteiger partial charge in [0, 0.05) is 25.7 Å². The number of hydrogen-bond donors (Lipinski definition) is 1. The molecule has 1 saturated heterocycles. The monoisotopic (exact) mass is 244 g/mol. The maximum absolute atomic E-state index is 5.49. The molecule has 0 bridgehead atoms. The third-order valence-electron chi connectivity index (χ3n) is 2.21. The zero-order valence-electron chi connectivity index (χ0n) is 7.42. The first-order valence-corrected chi connectivity index (χ1v) is 5.36. The van der Waals surface area contributed by atoms with Gasteiger partial charge in [0.25, 0.3) is 0 Å². The minimum absolute atomic E-state index is 0.805. The van der Waals surface area contributed by atoms with Crippen molar-refractivity contribution in [3.63, 3.8) is 0 Å². The van der Waals surface area contributed by atoms with E-state index >= 15 is 0 Å². The topological polar surface area (TPSA) is 28.4 Å². The van der Waals surface area contributed by atoms with Gasteiger partial charge in [-0.1, -0.05) is 0 Å². The smallest absolute Gasteiger partial charge is 0.197 e. The molecule has 0 saturated carbocycles. The first-order valence-electron chi connectivity index (χ1n) is 4.57. The van der Waals surface area contributed by atoms with Crippen molar-refractivity contribution in [2.24, 2.45) is 0 Å². The molecule has 1 aromatic rings. The highest BCUT2D eigenvalue weighted by molar-refractivity contribution is 9.10. The number of hydrogen-bond acceptors (Lipinski definition) is 3. The largest absolute Gasteiger partial charge is 0.434 e. The Kier molecular flexibility index (Phi) is 2.90. The summed E-state index contributed by atoms with van der Waals surface area (Å²) in [4.78, 5) is 2.27. The maximum Gasteiger partial charge on any atom is 0.197 e. The summed E-state index contributed by atoms with van der Waals surface area (Å²) in [6.07, 6.45) is 1.18. The van der Waals surface area contributed by atoms with Gasteiger partial charge in [-0.2, -0.15) is 0 Å². The highest BCUT2D eigenvalue weighted by Crippen LogP contribution is 2.22. The summed E-state index contributed by atoms with van der Waals surface area (Å²) in [6.45, 7) is 4.25. The lowest BCUT2D eigenvalue weighted by Gasteiger charge is -2.18. The molecule has 72 valence electrons. The summed E-state index contributed by atoms with van der Waals surface area (Å²) >= 11 is 3.31. The standard InChI is InChI=1S/C9H13BrN2O/c10-8-2-3-9(13-8)12-6-1-4-11-5-7-12/h2-3,11H,1,4-7H2. The molecule has 2 rings (SSSR count). The van der Waals surface area contributed by atoms with Crippen LogP contribution in [0.25, 0.3) is 0 Å². The fraction of sp³-hybridized carbons (Fsp3) is 0.556. The van der Waals surface area contributed by atoms with Gasteiger partial charge in [-0.15, -0.1) is 0 Å². The lowest BCUT2D eigenvalue weighted by molar-refractivity contribution is 0.524. The van der Waals surface area contributed by atoms with Gasteiger partial charge in [-0.25, -0.2) is 0 Å². The van der Waals surface area contributed by atoms with Crippen LogP contribution in [-0.2, 0) is 0 Å². The second-order valence-corrected chi connectivity index (χ2v) is 3.95. The molecule has 1 aromatic heterocycles. The zero-order valence-corrected chi connectivity index (χ0v) is 9.01. The second-order valence-electron chi connectivity index (χ2n) is 3.17. The molecule has 1 fully saturated rings. The van der Waals surface area contributed by atoms with Crippen LogP contribution >= 0.6 is 15.9 Å².